The Kier molecular flexibility index (Phi) is 6.45. The summed E-state index contributed by atoms with van der Waals surface area (Å²) in [5, 5.41) is 8.31. The van der Waals surface area contributed by atoms with Gasteiger partial charge in [0.2, 0.25) is 5.91 Å². The number of methoxy groups -OCH3 is 2. The molecule has 0 aliphatic carbocycles. The van der Waals surface area contributed by atoms with Gasteiger partial charge in [0.05, 0.1) is 26.5 Å². The van der Waals surface area contributed by atoms with Gasteiger partial charge in [-0.15, -0.1) is 11.3 Å². The van der Waals surface area contributed by atoms with E-state index in [1.807, 2.05) is 6.07 Å². The first-order valence-electron chi connectivity index (χ1n) is 8.14. The van der Waals surface area contributed by atoms with E-state index in [1.54, 1.807) is 43.8 Å². The highest BCUT2D eigenvalue weighted by Crippen LogP contribution is 2.35. The van der Waals surface area contributed by atoms with Crippen molar-refractivity contribution in [1.82, 2.24) is 5.32 Å². The molecule has 0 radical (unpaired) electrons. The van der Waals surface area contributed by atoms with Crippen molar-refractivity contribution >= 4 is 22.9 Å². The smallest absolute Gasteiger partial charge is 0.238 e. The molecule has 2 N–H and O–H groups in total. The normalized spacial score (nSPS) is 12.5. The zero-order valence-corrected chi connectivity index (χ0v) is 16.2. The second-order valence-corrected chi connectivity index (χ2v) is 7.79. The summed E-state index contributed by atoms with van der Waals surface area (Å²) in [6, 6.07) is 9.53. The van der Waals surface area contributed by atoms with Crippen LogP contribution in [0.3, 0.4) is 0 Å². The lowest BCUT2D eigenvalue weighted by Gasteiger charge is -2.30. The van der Waals surface area contributed by atoms with Crippen LogP contribution in [0, 0.1) is 5.41 Å². The third kappa shape index (κ3) is 5.21. The summed E-state index contributed by atoms with van der Waals surface area (Å²) in [7, 11) is 3.16. The van der Waals surface area contributed by atoms with Crippen molar-refractivity contribution in [3.05, 3.63) is 40.6 Å². The number of thiophene rings is 1. The number of rotatable bonds is 7. The molecule has 1 atom stereocenters. The fourth-order valence-corrected chi connectivity index (χ4v) is 3.63. The molecule has 0 aliphatic heterocycles. The van der Waals surface area contributed by atoms with Crippen LogP contribution in [0.1, 0.15) is 31.7 Å². The highest BCUT2D eigenvalue weighted by Gasteiger charge is 2.27. The number of benzene rings is 1. The van der Waals surface area contributed by atoms with Gasteiger partial charge in [0.25, 0.3) is 0 Å². The van der Waals surface area contributed by atoms with Crippen LogP contribution in [0.4, 0.5) is 5.69 Å². The molecule has 1 aromatic heterocycles. The molecule has 0 bridgehead atoms. The van der Waals surface area contributed by atoms with Gasteiger partial charge in [0.1, 0.15) is 11.5 Å². The number of anilines is 1. The summed E-state index contributed by atoms with van der Waals surface area (Å²) < 4.78 is 10.5. The molecule has 2 aromatic rings. The number of amides is 1. The van der Waals surface area contributed by atoms with Crippen LogP contribution < -0.4 is 20.1 Å². The van der Waals surface area contributed by atoms with E-state index < -0.39 is 0 Å². The number of carbonyl (C=O) groups is 1. The van der Waals surface area contributed by atoms with Gasteiger partial charge < -0.3 is 20.1 Å². The zero-order chi connectivity index (χ0) is 18.4. The fourth-order valence-electron chi connectivity index (χ4n) is 2.59. The summed E-state index contributed by atoms with van der Waals surface area (Å²) in [6.07, 6.45) is 0. The average molecular weight is 362 g/mol. The van der Waals surface area contributed by atoms with Crippen LogP contribution >= 0.6 is 11.3 Å². The van der Waals surface area contributed by atoms with E-state index in [1.165, 1.54) is 4.88 Å². The standard InChI is InChI=1S/C19H26N2O3S/c1-19(2,3)18(16-7-6-10-25-16)20-12-17(22)21-14-11-13(23-4)8-9-15(14)24-5/h6-11,18,20H,12H2,1-5H3,(H,21,22). The Morgan fingerprint density at radius 3 is 2.52 bits per heavy atom. The van der Waals surface area contributed by atoms with Crippen molar-refractivity contribution in [2.45, 2.75) is 26.8 Å². The highest BCUT2D eigenvalue weighted by atomic mass is 32.1. The minimum atomic E-state index is -0.127. The molecule has 1 unspecified atom stereocenters. The molecule has 0 saturated carbocycles. The largest absolute Gasteiger partial charge is 0.497 e. The molecule has 0 spiro atoms. The van der Waals surface area contributed by atoms with Crippen molar-refractivity contribution < 1.29 is 14.3 Å². The number of carbonyl (C=O) groups excluding carboxylic acids is 1. The average Bonchev–Trinajstić information content (AvgIpc) is 3.07. The highest BCUT2D eigenvalue weighted by molar-refractivity contribution is 7.10. The van der Waals surface area contributed by atoms with Crippen molar-refractivity contribution in [1.29, 1.82) is 0 Å². The van der Waals surface area contributed by atoms with Crippen molar-refractivity contribution in [3.8, 4) is 11.5 Å². The lowest BCUT2D eigenvalue weighted by molar-refractivity contribution is -0.115. The van der Waals surface area contributed by atoms with Crippen LogP contribution in [-0.2, 0) is 4.79 Å². The Hall–Kier alpha value is -2.05. The van der Waals surface area contributed by atoms with E-state index >= 15 is 0 Å². The fraction of sp³-hybridized carbons (Fsp3) is 0.421. The van der Waals surface area contributed by atoms with Gasteiger partial charge in [-0.2, -0.15) is 0 Å². The van der Waals surface area contributed by atoms with E-state index in [4.69, 9.17) is 9.47 Å². The van der Waals surface area contributed by atoms with Gasteiger partial charge in [-0.25, -0.2) is 0 Å². The number of nitrogens with one attached hydrogen (secondary N) is 2. The topological polar surface area (TPSA) is 59.6 Å². The maximum Gasteiger partial charge on any atom is 0.238 e. The summed E-state index contributed by atoms with van der Waals surface area (Å²) in [6.45, 7) is 6.69. The number of hydrogen-bond donors (Lipinski definition) is 2. The summed E-state index contributed by atoms with van der Waals surface area (Å²) in [4.78, 5) is 13.6. The lowest BCUT2D eigenvalue weighted by atomic mass is 9.86. The summed E-state index contributed by atoms with van der Waals surface area (Å²) in [5.74, 6) is 1.13. The zero-order valence-electron chi connectivity index (χ0n) is 15.4. The molecular weight excluding hydrogens is 336 g/mol. The number of ether oxygens (including phenoxy) is 2. The van der Waals surface area contributed by atoms with Gasteiger partial charge in [-0.05, 0) is 29.0 Å². The van der Waals surface area contributed by atoms with Gasteiger partial charge in [0.15, 0.2) is 0 Å². The van der Waals surface area contributed by atoms with E-state index in [2.05, 4.69) is 42.9 Å². The molecule has 6 heteroatoms. The Morgan fingerprint density at radius 2 is 1.96 bits per heavy atom. The third-order valence-corrected chi connectivity index (χ3v) is 4.78. The first-order chi connectivity index (χ1) is 11.8. The lowest BCUT2D eigenvalue weighted by Crippen LogP contribution is -2.37. The first-order valence-corrected chi connectivity index (χ1v) is 9.01. The molecule has 1 aromatic carbocycles. The second kappa shape index (κ2) is 8.36. The maximum atomic E-state index is 12.4. The summed E-state index contributed by atoms with van der Waals surface area (Å²) in [5.41, 5.74) is 0.593. The Bertz CT molecular complexity index is 693. The molecule has 136 valence electrons. The molecular formula is C19H26N2O3S. The van der Waals surface area contributed by atoms with Crippen LogP contribution in [-0.4, -0.2) is 26.7 Å². The molecule has 1 amide bonds. The molecule has 5 nitrogen and oxygen atoms in total. The van der Waals surface area contributed by atoms with Gasteiger partial charge >= 0.3 is 0 Å². The monoisotopic (exact) mass is 362 g/mol. The SMILES string of the molecule is COc1ccc(OC)c(NC(=O)CNC(c2cccs2)C(C)(C)C)c1. The van der Waals surface area contributed by atoms with Crippen molar-refractivity contribution in [3.63, 3.8) is 0 Å². The third-order valence-electron chi connectivity index (χ3n) is 3.84. The minimum Gasteiger partial charge on any atom is -0.497 e. The van der Waals surface area contributed by atoms with E-state index in [9.17, 15) is 4.79 Å². The van der Waals surface area contributed by atoms with Crippen molar-refractivity contribution in [2.24, 2.45) is 5.41 Å². The van der Waals surface area contributed by atoms with Crippen molar-refractivity contribution in [2.75, 3.05) is 26.1 Å². The molecule has 1 heterocycles. The maximum absolute atomic E-state index is 12.4. The Labute approximate surface area is 153 Å². The van der Waals surface area contributed by atoms with E-state index in [0.717, 1.165) is 0 Å². The Morgan fingerprint density at radius 1 is 1.20 bits per heavy atom. The van der Waals surface area contributed by atoms with Crippen LogP contribution in [0.5, 0.6) is 11.5 Å². The van der Waals surface area contributed by atoms with Crippen LogP contribution in [0.2, 0.25) is 0 Å². The molecule has 25 heavy (non-hydrogen) atoms. The Balaban J connectivity index is 2.05. The number of hydrogen-bond acceptors (Lipinski definition) is 5. The van der Waals surface area contributed by atoms with Gasteiger partial charge in [-0.1, -0.05) is 26.8 Å². The predicted octanol–water partition coefficient (Wildman–Crippen LogP) is 4.08. The van der Waals surface area contributed by atoms with E-state index in [-0.39, 0.29) is 23.9 Å². The minimum absolute atomic E-state index is 0.00120. The summed E-state index contributed by atoms with van der Waals surface area (Å²) >= 11 is 1.69. The van der Waals surface area contributed by atoms with Crippen LogP contribution in [0.15, 0.2) is 35.7 Å². The van der Waals surface area contributed by atoms with Gasteiger partial charge in [-0.3, -0.25) is 4.79 Å². The molecule has 2 rings (SSSR count). The molecule has 0 aliphatic rings. The second-order valence-electron chi connectivity index (χ2n) is 6.81. The first kappa shape index (κ1) is 19.3. The van der Waals surface area contributed by atoms with E-state index in [0.29, 0.717) is 17.2 Å². The molecule has 0 saturated heterocycles. The quantitative estimate of drug-likeness (QED) is 0.779. The molecule has 0 fully saturated rings. The van der Waals surface area contributed by atoms with Crippen LogP contribution in [0.25, 0.3) is 0 Å². The predicted molar refractivity (Wildman–Crippen MR) is 103 cm³/mol. The van der Waals surface area contributed by atoms with Gasteiger partial charge in [0, 0.05) is 17.0 Å².